The maximum atomic E-state index is 14.3. The van der Waals surface area contributed by atoms with Gasteiger partial charge in [0.05, 0.1) is 27.4 Å². The second-order valence-corrected chi connectivity index (χ2v) is 13.1. The number of carbonyl (C=O) groups is 1. The van der Waals surface area contributed by atoms with Gasteiger partial charge in [-0.2, -0.15) is 0 Å². The molecule has 1 amide bonds. The molecule has 1 atom stereocenters. The van der Waals surface area contributed by atoms with Gasteiger partial charge < -0.3 is 14.1 Å². The molecule has 1 aliphatic rings. The number of furan rings is 1. The van der Waals surface area contributed by atoms with Crippen molar-refractivity contribution in [2.75, 3.05) is 20.2 Å². The van der Waals surface area contributed by atoms with Crippen LogP contribution in [-0.4, -0.2) is 35.6 Å². The third-order valence-corrected chi connectivity index (χ3v) is 10.5. The lowest BCUT2D eigenvalue weighted by Crippen LogP contribution is -2.43. The lowest BCUT2D eigenvalue weighted by atomic mass is 9.90. The number of nitrogens with zero attached hydrogens (tertiary/aromatic N) is 3. The maximum Gasteiger partial charge on any atom is 0.271 e. The van der Waals surface area contributed by atoms with Crippen LogP contribution in [0.1, 0.15) is 38.1 Å². The van der Waals surface area contributed by atoms with Crippen molar-refractivity contribution in [3.8, 4) is 5.75 Å². The van der Waals surface area contributed by atoms with E-state index in [2.05, 4.69) is 15.9 Å². The Labute approximate surface area is 271 Å². The normalized spacial score (nSPS) is 14.9. The Morgan fingerprint density at radius 1 is 1.11 bits per heavy atom. The Morgan fingerprint density at radius 3 is 2.57 bits per heavy atom. The summed E-state index contributed by atoms with van der Waals surface area (Å²) in [5, 5.41) is 2.58. The van der Waals surface area contributed by atoms with Crippen LogP contribution >= 0.6 is 39.0 Å². The highest BCUT2D eigenvalue weighted by atomic mass is 79.9. The van der Waals surface area contributed by atoms with Crippen LogP contribution in [0.5, 0.6) is 5.75 Å². The average Bonchev–Trinajstić information content (AvgIpc) is 3.53. The number of thiazole rings is 1. The number of hydrogen-bond donors (Lipinski definition) is 0. The van der Waals surface area contributed by atoms with E-state index in [1.165, 1.54) is 23.1 Å². The summed E-state index contributed by atoms with van der Waals surface area (Å²) in [5.74, 6) is 0.985. The van der Waals surface area contributed by atoms with Crippen molar-refractivity contribution in [3.63, 3.8) is 0 Å². The van der Waals surface area contributed by atoms with Gasteiger partial charge in [-0.05, 0) is 71.7 Å². The number of carbonyl (C=O) groups excluding carboxylic acids is 1. The van der Waals surface area contributed by atoms with Crippen molar-refractivity contribution in [2.45, 2.75) is 36.8 Å². The summed E-state index contributed by atoms with van der Waals surface area (Å²) in [7, 11) is 1.61. The van der Waals surface area contributed by atoms with Crippen molar-refractivity contribution in [2.24, 2.45) is 4.99 Å². The Hall–Kier alpha value is -3.86. The van der Waals surface area contributed by atoms with Gasteiger partial charge in [0.2, 0.25) is 0 Å². The van der Waals surface area contributed by atoms with Crippen molar-refractivity contribution >= 4 is 61.8 Å². The molecule has 0 saturated carbocycles. The second kappa shape index (κ2) is 12.6. The second-order valence-electron chi connectivity index (χ2n) is 10.2. The van der Waals surface area contributed by atoms with E-state index in [9.17, 15) is 9.59 Å². The maximum absolute atomic E-state index is 14.3. The molecule has 44 heavy (non-hydrogen) atoms. The fourth-order valence-electron chi connectivity index (χ4n) is 5.52. The molecular weight excluding hydrogens is 658 g/mol. The van der Waals surface area contributed by atoms with Crippen molar-refractivity contribution in [1.82, 2.24) is 9.47 Å². The summed E-state index contributed by atoms with van der Waals surface area (Å²) in [6, 6.07) is 22.9. The van der Waals surface area contributed by atoms with E-state index < -0.39 is 6.04 Å². The fraction of sp³-hybridized carbons (Fsp3) is 0.206. The average molecular weight is 689 g/mol. The van der Waals surface area contributed by atoms with Gasteiger partial charge in [0.15, 0.2) is 9.89 Å². The molecule has 0 N–H and O–H groups in total. The summed E-state index contributed by atoms with van der Waals surface area (Å²) in [6.07, 6.45) is 1.74. The minimum atomic E-state index is -0.741. The molecule has 0 saturated heterocycles. The monoisotopic (exact) mass is 687 g/mol. The number of hydrogen-bond acceptors (Lipinski definition) is 7. The smallest absolute Gasteiger partial charge is 0.271 e. The molecule has 7 nitrogen and oxygen atoms in total. The lowest BCUT2D eigenvalue weighted by Gasteiger charge is -2.30. The molecule has 6 rings (SSSR count). The Kier molecular flexibility index (Phi) is 8.66. The third kappa shape index (κ3) is 5.46. The van der Waals surface area contributed by atoms with E-state index in [1.54, 1.807) is 22.7 Å². The summed E-state index contributed by atoms with van der Waals surface area (Å²) < 4.78 is 14.9. The van der Waals surface area contributed by atoms with Crippen LogP contribution in [0.4, 0.5) is 0 Å². The zero-order chi connectivity index (χ0) is 31.0. The summed E-state index contributed by atoms with van der Waals surface area (Å²) in [4.78, 5) is 36.6. The van der Waals surface area contributed by atoms with Crippen LogP contribution in [0.2, 0.25) is 0 Å². The molecule has 0 aliphatic carbocycles. The van der Waals surface area contributed by atoms with Gasteiger partial charge in [-0.15, -0.1) is 0 Å². The molecule has 0 bridgehead atoms. The van der Waals surface area contributed by atoms with E-state index in [4.69, 9.17) is 14.1 Å². The number of ether oxygens (including phenoxy) is 1. The van der Waals surface area contributed by atoms with Crippen LogP contribution in [0.3, 0.4) is 0 Å². The van der Waals surface area contributed by atoms with Crippen LogP contribution < -0.4 is 19.6 Å². The van der Waals surface area contributed by atoms with Crippen LogP contribution in [0, 0.1) is 0 Å². The first-order valence-corrected chi connectivity index (χ1v) is 16.7. The molecule has 10 heteroatoms. The van der Waals surface area contributed by atoms with Gasteiger partial charge in [-0.3, -0.25) is 14.2 Å². The number of amides is 1. The molecule has 3 heterocycles. The number of likely N-dealkylation sites (N-methyl/N-ethyl adjacent to an activating group) is 1. The van der Waals surface area contributed by atoms with Crippen molar-refractivity contribution < 1.29 is 13.9 Å². The SMILES string of the molecule is CCN(CC)C(=O)C1=C(C)N=c2s/c(=C/c3cc(Br)c(Sc4ccccc4)o3)c(=O)n2[C@@H]1c1c(OC)ccc2ccccc12. The molecule has 2 aromatic heterocycles. The minimum absolute atomic E-state index is 0.150. The summed E-state index contributed by atoms with van der Waals surface area (Å²) in [6.45, 7) is 6.81. The third-order valence-electron chi connectivity index (χ3n) is 7.63. The number of allylic oxidation sites excluding steroid dienone is 1. The highest BCUT2D eigenvalue weighted by Gasteiger charge is 2.36. The highest BCUT2D eigenvalue weighted by Crippen LogP contribution is 2.41. The van der Waals surface area contributed by atoms with E-state index in [-0.39, 0.29) is 11.5 Å². The minimum Gasteiger partial charge on any atom is -0.496 e. The van der Waals surface area contributed by atoms with Gasteiger partial charge in [-0.25, -0.2) is 4.99 Å². The van der Waals surface area contributed by atoms with E-state index in [0.29, 0.717) is 50.3 Å². The zero-order valence-corrected chi connectivity index (χ0v) is 27.9. The van der Waals surface area contributed by atoms with E-state index in [0.717, 1.165) is 25.7 Å². The summed E-state index contributed by atoms with van der Waals surface area (Å²) >= 11 is 6.38. The topological polar surface area (TPSA) is 77.0 Å². The quantitative estimate of drug-likeness (QED) is 0.180. The van der Waals surface area contributed by atoms with Crippen molar-refractivity contribution in [1.29, 1.82) is 0 Å². The van der Waals surface area contributed by atoms with Crippen LogP contribution in [0.15, 0.2) is 113 Å². The van der Waals surface area contributed by atoms with Gasteiger partial charge in [0.1, 0.15) is 17.6 Å². The van der Waals surface area contributed by atoms with Crippen LogP contribution in [0.25, 0.3) is 16.8 Å². The largest absolute Gasteiger partial charge is 0.496 e. The lowest BCUT2D eigenvalue weighted by molar-refractivity contribution is -0.127. The van der Waals surface area contributed by atoms with Gasteiger partial charge in [0.25, 0.3) is 11.5 Å². The Morgan fingerprint density at radius 2 is 1.84 bits per heavy atom. The fourth-order valence-corrected chi connectivity index (χ4v) is 7.90. The molecule has 0 spiro atoms. The number of fused-ring (bicyclic) bond motifs is 2. The van der Waals surface area contributed by atoms with Crippen molar-refractivity contribution in [3.05, 3.63) is 120 Å². The van der Waals surface area contributed by atoms with Gasteiger partial charge in [-0.1, -0.05) is 71.6 Å². The standard InChI is InChI=1S/C34H30BrN3O4S2/c1-5-37(6-2)32(40)28-20(3)36-34-38(30(28)29-24-15-11-10-12-21(24)16-17-26(29)41-4)31(39)27(44-34)19-22-18-25(35)33(42-22)43-23-13-8-7-9-14-23/h7-19,30H,5-6H2,1-4H3/b27-19+/t30-/m0/s1. The molecule has 0 unspecified atom stereocenters. The molecular formula is C34H30BrN3O4S2. The molecule has 0 radical (unpaired) electrons. The molecule has 0 fully saturated rings. The molecule has 224 valence electrons. The first-order valence-electron chi connectivity index (χ1n) is 14.2. The highest BCUT2D eigenvalue weighted by molar-refractivity contribution is 9.10. The zero-order valence-electron chi connectivity index (χ0n) is 24.7. The molecule has 3 aromatic carbocycles. The number of rotatable bonds is 8. The van der Waals surface area contributed by atoms with E-state index >= 15 is 0 Å². The first kappa shape index (κ1) is 30.2. The molecule has 5 aromatic rings. The number of halogens is 1. The first-order chi connectivity index (χ1) is 21.3. The molecule has 1 aliphatic heterocycles. The van der Waals surface area contributed by atoms with Gasteiger partial charge >= 0.3 is 0 Å². The van der Waals surface area contributed by atoms with Crippen LogP contribution in [-0.2, 0) is 4.79 Å². The number of methoxy groups -OCH3 is 1. The summed E-state index contributed by atoms with van der Waals surface area (Å²) in [5.41, 5.74) is 1.54. The van der Waals surface area contributed by atoms with E-state index in [1.807, 2.05) is 93.6 Å². The Balaban J connectivity index is 1.56. The number of benzene rings is 3. The number of aromatic nitrogens is 1. The van der Waals surface area contributed by atoms with Gasteiger partial charge in [0, 0.05) is 29.6 Å². The predicted molar refractivity (Wildman–Crippen MR) is 179 cm³/mol. The predicted octanol–water partition coefficient (Wildman–Crippen LogP) is 6.77. The Bertz CT molecular complexity index is 2090.